The van der Waals surface area contributed by atoms with Crippen LogP contribution in [0.5, 0.6) is 0 Å². The Morgan fingerprint density at radius 1 is 1.24 bits per heavy atom. The third-order valence-corrected chi connectivity index (χ3v) is 1.58. The summed E-state index contributed by atoms with van der Waals surface area (Å²) in [6.45, 7) is 10.9. The van der Waals surface area contributed by atoms with Crippen LogP contribution in [-0.4, -0.2) is 15.2 Å². The monoisotopic (exact) mass is 245 g/mol. The lowest BCUT2D eigenvalue weighted by Gasteiger charge is -1.97. The molecule has 0 aliphatic rings. The second kappa shape index (κ2) is 12.5. The first-order valence-electron chi connectivity index (χ1n) is 5.48. The minimum atomic E-state index is -1.55. The summed E-state index contributed by atoms with van der Waals surface area (Å²) in [5, 5.41) is 5.99. The van der Waals surface area contributed by atoms with Gasteiger partial charge in [0.2, 0.25) is 0 Å². The number of rotatable bonds is 3. The second-order valence-corrected chi connectivity index (χ2v) is 3.15. The van der Waals surface area contributed by atoms with Crippen LogP contribution in [0.2, 0.25) is 0 Å². The van der Waals surface area contributed by atoms with Crippen LogP contribution in [-0.2, 0) is 0 Å². The maximum Gasteiger partial charge on any atom is 0.269 e. The van der Waals surface area contributed by atoms with E-state index in [-0.39, 0.29) is 5.57 Å². The number of halogens is 2. The maximum atomic E-state index is 11.7. The molecule has 17 heavy (non-hydrogen) atoms. The van der Waals surface area contributed by atoms with Crippen molar-refractivity contribution in [3.8, 4) is 0 Å². The van der Waals surface area contributed by atoms with Crippen molar-refractivity contribution in [2.24, 2.45) is 0 Å². The Balaban J connectivity index is 0. The third kappa shape index (κ3) is 14.5. The van der Waals surface area contributed by atoms with Crippen LogP contribution in [0, 0.1) is 0 Å². The molecule has 1 N–H and O–H groups in total. The normalized spacial score (nSPS) is 8.12. The highest BCUT2D eigenvalue weighted by atomic mass is 19.3. The molecule has 0 radical (unpaired) electrons. The summed E-state index contributed by atoms with van der Waals surface area (Å²) in [7, 11) is 0. The number of hydrogen-bond acceptors (Lipinski definition) is 2. The lowest BCUT2D eigenvalue weighted by atomic mass is 10.1. The van der Waals surface area contributed by atoms with Crippen LogP contribution in [0.15, 0.2) is 36.5 Å². The smallest absolute Gasteiger partial charge is 0.266 e. The Bertz CT molecular complexity index is 284. The first kappa shape index (κ1) is 17.9. The highest BCUT2D eigenvalue weighted by Crippen LogP contribution is 2.14. The van der Waals surface area contributed by atoms with Gasteiger partial charge in [-0.15, -0.1) is 6.58 Å². The molecule has 0 saturated heterocycles. The van der Waals surface area contributed by atoms with Gasteiger partial charge in [-0.05, 0) is 32.3 Å². The van der Waals surface area contributed by atoms with Gasteiger partial charge in [0, 0.05) is 0 Å². The van der Waals surface area contributed by atoms with Gasteiger partial charge in [-0.3, -0.25) is 5.10 Å². The molecule has 0 aliphatic heterocycles. The Hall–Kier alpha value is -1.52. The fourth-order valence-electron chi connectivity index (χ4n) is 0.662. The lowest BCUT2D eigenvalue weighted by Crippen LogP contribution is -1.80. The standard InChI is InChI=1S/C8H12F2.C2H3N3.C2H6/c1-6(2)4-5-7(3)8(9)10;1-3-2-5-4-1;1-2/h1,4-5H2,2-3H3;1-2H,(H,3,4,5);1-2H3. The molecule has 1 heterocycles. The summed E-state index contributed by atoms with van der Waals surface area (Å²) in [4.78, 5) is 3.56. The van der Waals surface area contributed by atoms with Crippen LogP contribution in [0.25, 0.3) is 0 Å². The number of aromatic nitrogens is 3. The van der Waals surface area contributed by atoms with Gasteiger partial charge < -0.3 is 0 Å². The highest BCUT2D eigenvalue weighted by molar-refractivity contribution is 5.02. The summed E-state index contributed by atoms with van der Waals surface area (Å²) in [5.74, 6) is 0. The lowest BCUT2D eigenvalue weighted by molar-refractivity contribution is 0.408. The molecule has 3 nitrogen and oxygen atoms in total. The minimum absolute atomic E-state index is 0.169. The summed E-state index contributed by atoms with van der Waals surface area (Å²) in [6.07, 6.45) is 2.49. The van der Waals surface area contributed by atoms with Crippen molar-refractivity contribution in [2.45, 2.75) is 40.5 Å². The molecule has 5 heteroatoms. The van der Waals surface area contributed by atoms with E-state index in [9.17, 15) is 8.78 Å². The number of nitrogens with one attached hydrogen (secondary N) is 1. The van der Waals surface area contributed by atoms with Crippen LogP contribution in [0.3, 0.4) is 0 Å². The van der Waals surface area contributed by atoms with E-state index in [0.717, 1.165) is 5.57 Å². The third-order valence-electron chi connectivity index (χ3n) is 1.58. The molecular formula is C12H21F2N3. The van der Waals surface area contributed by atoms with Gasteiger partial charge in [-0.25, -0.2) is 4.98 Å². The summed E-state index contributed by atoms with van der Waals surface area (Å²) in [5.41, 5.74) is 1.11. The summed E-state index contributed by atoms with van der Waals surface area (Å²) >= 11 is 0. The summed E-state index contributed by atoms with van der Waals surface area (Å²) < 4.78 is 23.5. The van der Waals surface area contributed by atoms with Crippen molar-refractivity contribution in [1.82, 2.24) is 15.2 Å². The molecule has 1 rings (SSSR count). The van der Waals surface area contributed by atoms with E-state index in [1.807, 2.05) is 20.8 Å². The topological polar surface area (TPSA) is 41.6 Å². The van der Waals surface area contributed by atoms with Gasteiger partial charge in [0.15, 0.2) is 0 Å². The average Bonchev–Trinajstić information content (AvgIpc) is 2.87. The van der Waals surface area contributed by atoms with Gasteiger partial charge in [0.1, 0.15) is 12.7 Å². The minimum Gasteiger partial charge on any atom is -0.266 e. The largest absolute Gasteiger partial charge is 0.269 e. The van der Waals surface area contributed by atoms with Crippen molar-refractivity contribution >= 4 is 0 Å². The van der Waals surface area contributed by atoms with E-state index >= 15 is 0 Å². The van der Waals surface area contributed by atoms with E-state index < -0.39 is 6.08 Å². The molecule has 0 atom stereocenters. The Morgan fingerprint density at radius 3 is 2.06 bits per heavy atom. The van der Waals surface area contributed by atoms with Gasteiger partial charge in [-0.1, -0.05) is 19.4 Å². The molecule has 1 aromatic heterocycles. The molecule has 0 fully saturated rings. The predicted molar refractivity (Wildman–Crippen MR) is 66.7 cm³/mol. The molecule has 1 aromatic rings. The highest BCUT2D eigenvalue weighted by Gasteiger charge is 1.98. The number of allylic oxidation sites excluding steroid dienone is 2. The fraction of sp³-hybridized carbons (Fsp3) is 0.500. The van der Waals surface area contributed by atoms with Crippen molar-refractivity contribution in [3.05, 3.63) is 36.5 Å². The molecule has 0 bridgehead atoms. The van der Waals surface area contributed by atoms with Gasteiger partial charge in [-0.2, -0.15) is 13.9 Å². The van der Waals surface area contributed by atoms with Crippen LogP contribution < -0.4 is 0 Å². The molecule has 0 aromatic carbocycles. The first-order chi connectivity index (χ1) is 8.04. The quantitative estimate of drug-likeness (QED) is 0.804. The van der Waals surface area contributed by atoms with E-state index in [0.29, 0.717) is 12.8 Å². The van der Waals surface area contributed by atoms with E-state index in [1.165, 1.54) is 19.6 Å². The van der Waals surface area contributed by atoms with Crippen molar-refractivity contribution in [3.63, 3.8) is 0 Å². The Morgan fingerprint density at radius 2 is 1.82 bits per heavy atom. The number of nitrogens with zero attached hydrogens (tertiary/aromatic N) is 2. The Kier molecular flexibility index (Phi) is 13.2. The van der Waals surface area contributed by atoms with Gasteiger partial charge in [0.05, 0.1) is 0 Å². The molecule has 0 saturated carbocycles. The van der Waals surface area contributed by atoms with Gasteiger partial charge >= 0.3 is 0 Å². The van der Waals surface area contributed by atoms with E-state index in [2.05, 4.69) is 21.8 Å². The van der Waals surface area contributed by atoms with Crippen LogP contribution in [0.1, 0.15) is 40.5 Å². The van der Waals surface area contributed by atoms with Gasteiger partial charge in [0.25, 0.3) is 6.08 Å². The van der Waals surface area contributed by atoms with E-state index in [1.54, 1.807) is 0 Å². The average molecular weight is 245 g/mol. The molecular weight excluding hydrogens is 224 g/mol. The second-order valence-electron chi connectivity index (χ2n) is 3.15. The SMILES string of the molecule is C=C(C)CCC(C)=C(F)F.CC.c1nc[nH]n1. The molecule has 98 valence electrons. The zero-order valence-corrected chi connectivity index (χ0v) is 10.9. The van der Waals surface area contributed by atoms with Crippen molar-refractivity contribution in [2.75, 3.05) is 0 Å². The number of hydrogen-bond donors (Lipinski definition) is 1. The zero-order chi connectivity index (χ0) is 13.7. The molecule has 0 unspecified atom stereocenters. The molecule has 0 spiro atoms. The molecule has 0 aliphatic carbocycles. The van der Waals surface area contributed by atoms with Crippen LogP contribution >= 0.6 is 0 Å². The summed E-state index contributed by atoms with van der Waals surface area (Å²) in [6, 6.07) is 0. The van der Waals surface area contributed by atoms with Crippen molar-refractivity contribution in [1.29, 1.82) is 0 Å². The maximum absolute atomic E-state index is 11.7. The predicted octanol–water partition coefficient (Wildman–Crippen LogP) is 4.34. The zero-order valence-electron chi connectivity index (χ0n) is 10.9. The molecule has 0 amide bonds. The number of H-pyrrole nitrogens is 1. The Labute approximate surface area is 102 Å². The van der Waals surface area contributed by atoms with Crippen LogP contribution in [0.4, 0.5) is 8.78 Å². The number of aromatic amines is 1. The first-order valence-corrected chi connectivity index (χ1v) is 5.48. The fourth-order valence-corrected chi connectivity index (χ4v) is 0.662. The van der Waals surface area contributed by atoms with Crippen molar-refractivity contribution < 1.29 is 8.78 Å². The van der Waals surface area contributed by atoms with E-state index in [4.69, 9.17) is 0 Å².